The average molecular weight is 327 g/mol. The van der Waals surface area contributed by atoms with Gasteiger partial charge in [-0.2, -0.15) is 0 Å². The van der Waals surface area contributed by atoms with Gasteiger partial charge in [0.15, 0.2) is 6.29 Å². The SMILES string of the molecule is O=Cc1c(O)cccc1OC[C@@H]1COCC(=O)N1c1ccccc1. The number of para-hydroxylation sites is 1. The Labute approximate surface area is 139 Å². The van der Waals surface area contributed by atoms with E-state index in [2.05, 4.69) is 0 Å². The molecule has 1 N–H and O–H groups in total. The van der Waals surface area contributed by atoms with Gasteiger partial charge in [-0.1, -0.05) is 24.3 Å². The molecule has 0 aliphatic carbocycles. The van der Waals surface area contributed by atoms with Gasteiger partial charge in [0, 0.05) is 5.69 Å². The van der Waals surface area contributed by atoms with Crippen molar-refractivity contribution in [3.05, 3.63) is 54.1 Å². The zero-order valence-corrected chi connectivity index (χ0v) is 12.9. The number of phenolic OH excluding ortho intramolecular Hbond substituents is 1. The van der Waals surface area contributed by atoms with Gasteiger partial charge in [-0.25, -0.2) is 0 Å². The molecule has 6 heteroatoms. The van der Waals surface area contributed by atoms with Crippen LogP contribution in [0.5, 0.6) is 11.5 Å². The standard InChI is InChI=1S/C18H17NO5/c20-9-15-16(21)7-4-8-17(15)24-11-14-10-23-12-18(22)19(14)13-5-2-1-3-6-13/h1-9,14,21H,10-12H2/t14-/m0/s1. The highest BCUT2D eigenvalue weighted by Gasteiger charge is 2.30. The van der Waals surface area contributed by atoms with Crippen LogP contribution in [0, 0.1) is 0 Å². The van der Waals surface area contributed by atoms with Crippen LogP contribution in [0.4, 0.5) is 5.69 Å². The summed E-state index contributed by atoms with van der Waals surface area (Å²) in [4.78, 5) is 25.0. The summed E-state index contributed by atoms with van der Waals surface area (Å²) in [6, 6.07) is 13.6. The molecule has 1 aliphatic rings. The molecule has 2 aromatic carbocycles. The topological polar surface area (TPSA) is 76.1 Å². The van der Waals surface area contributed by atoms with Gasteiger partial charge in [-0.05, 0) is 24.3 Å². The molecule has 2 aromatic rings. The Hall–Kier alpha value is -2.86. The highest BCUT2D eigenvalue weighted by atomic mass is 16.5. The smallest absolute Gasteiger partial charge is 0.253 e. The van der Waals surface area contributed by atoms with Crippen LogP contribution in [-0.2, 0) is 9.53 Å². The molecule has 124 valence electrons. The van der Waals surface area contributed by atoms with Gasteiger partial charge in [0.1, 0.15) is 24.7 Å². The van der Waals surface area contributed by atoms with Crippen LogP contribution in [0.25, 0.3) is 0 Å². The fraction of sp³-hybridized carbons (Fsp3) is 0.222. The summed E-state index contributed by atoms with van der Waals surface area (Å²) in [5.74, 6) is -0.0120. The van der Waals surface area contributed by atoms with Gasteiger partial charge in [0.05, 0.1) is 18.2 Å². The zero-order chi connectivity index (χ0) is 16.9. The lowest BCUT2D eigenvalue weighted by atomic mass is 10.1. The Morgan fingerprint density at radius 2 is 2.00 bits per heavy atom. The minimum Gasteiger partial charge on any atom is -0.507 e. The second kappa shape index (κ2) is 7.14. The third-order valence-electron chi connectivity index (χ3n) is 3.80. The number of amides is 1. The fourth-order valence-corrected chi connectivity index (χ4v) is 2.66. The van der Waals surface area contributed by atoms with Crippen molar-refractivity contribution < 1.29 is 24.2 Å². The number of carbonyl (C=O) groups is 2. The highest BCUT2D eigenvalue weighted by molar-refractivity contribution is 5.95. The predicted octanol–water partition coefficient (Wildman–Crippen LogP) is 2.02. The summed E-state index contributed by atoms with van der Waals surface area (Å²) < 4.78 is 11.0. The third kappa shape index (κ3) is 3.23. The molecule has 1 saturated heterocycles. The molecule has 24 heavy (non-hydrogen) atoms. The number of nitrogens with zero attached hydrogens (tertiary/aromatic N) is 1. The maximum atomic E-state index is 12.2. The summed E-state index contributed by atoms with van der Waals surface area (Å²) in [6.07, 6.45) is 0.544. The number of carbonyl (C=O) groups excluding carboxylic acids is 2. The van der Waals surface area contributed by atoms with E-state index in [0.717, 1.165) is 5.69 Å². The molecule has 1 atom stereocenters. The predicted molar refractivity (Wildman–Crippen MR) is 87.5 cm³/mol. The average Bonchev–Trinajstić information content (AvgIpc) is 2.60. The van der Waals surface area contributed by atoms with Crippen LogP contribution in [0.2, 0.25) is 0 Å². The lowest BCUT2D eigenvalue weighted by Crippen LogP contribution is -2.52. The summed E-state index contributed by atoms with van der Waals surface area (Å²) in [6.45, 7) is 0.498. The first-order chi connectivity index (χ1) is 11.7. The van der Waals surface area contributed by atoms with Gasteiger partial charge in [0.25, 0.3) is 5.91 Å². The largest absolute Gasteiger partial charge is 0.507 e. The van der Waals surface area contributed by atoms with E-state index in [4.69, 9.17) is 9.47 Å². The second-order valence-electron chi connectivity index (χ2n) is 5.39. The van der Waals surface area contributed by atoms with Crippen molar-refractivity contribution >= 4 is 17.9 Å². The van der Waals surface area contributed by atoms with E-state index < -0.39 is 0 Å². The number of aromatic hydroxyl groups is 1. The van der Waals surface area contributed by atoms with Crippen LogP contribution in [0.3, 0.4) is 0 Å². The van der Waals surface area contributed by atoms with Crippen molar-refractivity contribution in [1.82, 2.24) is 0 Å². The van der Waals surface area contributed by atoms with Gasteiger partial charge < -0.3 is 19.5 Å². The molecule has 1 fully saturated rings. The van der Waals surface area contributed by atoms with E-state index >= 15 is 0 Å². The van der Waals surface area contributed by atoms with Crippen molar-refractivity contribution in [1.29, 1.82) is 0 Å². The molecule has 0 saturated carbocycles. The summed E-state index contributed by atoms with van der Waals surface area (Å²) in [7, 11) is 0. The van der Waals surface area contributed by atoms with Gasteiger partial charge in [-0.3, -0.25) is 9.59 Å². The van der Waals surface area contributed by atoms with E-state index in [1.165, 1.54) is 6.07 Å². The van der Waals surface area contributed by atoms with Gasteiger partial charge in [-0.15, -0.1) is 0 Å². The molecule has 0 bridgehead atoms. The second-order valence-corrected chi connectivity index (χ2v) is 5.39. The first-order valence-electron chi connectivity index (χ1n) is 7.55. The maximum Gasteiger partial charge on any atom is 0.253 e. The lowest BCUT2D eigenvalue weighted by molar-refractivity contribution is -0.127. The van der Waals surface area contributed by atoms with Crippen LogP contribution in [0.15, 0.2) is 48.5 Å². The van der Waals surface area contributed by atoms with Crippen LogP contribution < -0.4 is 9.64 Å². The molecule has 3 rings (SSSR count). The molecule has 0 spiro atoms. The van der Waals surface area contributed by atoms with Crippen LogP contribution >= 0.6 is 0 Å². The van der Waals surface area contributed by atoms with E-state index in [0.29, 0.717) is 12.9 Å². The zero-order valence-electron chi connectivity index (χ0n) is 12.9. The first kappa shape index (κ1) is 16.0. The summed E-state index contributed by atoms with van der Waals surface area (Å²) >= 11 is 0. The quantitative estimate of drug-likeness (QED) is 0.850. The number of aldehydes is 1. The van der Waals surface area contributed by atoms with E-state index in [1.807, 2.05) is 30.3 Å². The first-order valence-corrected chi connectivity index (χ1v) is 7.55. The number of rotatable bonds is 5. The lowest BCUT2D eigenvalue weighted by Gasteiger charge is -2.35. The Kier molecular flexibility index (Phi) is 4.77. The van der Waals surface area contributed by atoms with E-state index in [9.17, 15) is 14.7 Å². The number of phenols is 1. The van der Waals surface area contributed by atoms with Crippen molar-refractivity contribution in [3.8, 4) is 11.5 Å². The number of benzene rings is 2. The van der Waals surface area contributed by atoms with Gasteiger partial charge in [0.2, 0.25) is 0 Å². The molecular formula is C18H17NO5. The fourth-order valence-electron chi connectivity index (χ4n) is 2.66. The van der Waals surface area contributed by atoms with E-state index in [1.54, 1.807) is 17.0 Å². The molecule has 6 nitrogen and oxygen atoms in total. The maximum absolute atomic E-state index is 12.2. The number of morpholine rings is 1. The van der Waals surface area contributed by atoms with Crippen molar-refractivity contribution in [3.63, 3.8) is 0 Å². The summed E-state index contributed by atoms with van der Waals surface area (Å²) in [5, 5.41) is 9.70. The molecule has 1 aliphatic heterocycles. The monoisotopic (exact) mass is 327 g/mol. The van der Waals surface area contributed by atoms with Crippen molar-refractivity contribution in [2.75, 3.05) is 24.7 Å². The Balaban J connectivity index is 1.79. The Morgan fingerprint density at radius 3 is 2.75 bits per heavy atom. The third-order valence-corrected chi connectivity index (χ3v) is 3.80. The molecule has 1 heterocycles. The minimum absolute atomic E-state index is 0.0249. The number of ether oxygens (including phenoxy) is 2. The van der Waals surface area contributed by atoms with Crippen LogP contribution in [0.1, 0.15) is 10.4 Å². The Bertz CT molecular complexity index is 731. The van der Waals surface area contributed by atoms with E-state index in [-0.39, 0.29) is 42.2 Å². The van der Waals surface area contributed by atoms with Crippen molar-refractivity contribution in [2.24, 2.45) is 0 Å². The highest BCUT2D eigenvalue weighted by Crippen LogP contribution is 2.27. The Morgan fingerprint density at radius 1 is 1.21 bits per heavy atom. The molecule has 0 radical (unpaired) electrons. The number of hydrogen-bond donors (Lipinski definition) is 1. The number of anilines is 1. The molecule has 0 unspecified atom stereocenters. The van der Waals surface area contributed by atoms with Crippen LogP contribution in [-0.4, -0.2) is 43.2 Å². The summed E-state index contributed by atoms with van der Waals surface area (Å²) in [5.41, 5.74) is 0.859. The molecular weight excluding hydrogens is 310 g/mol. The molecule has 1 amide bonds. The van der Waals surface area contributed by atoms with Crippen molar-refractivity contribution in [2.45, 2.75) is 6.04 Å². The van der Waals surface area contributed by atoms with Gasteiger partial charge >= 0.3 is 0 Å². The molecule has 0 aromatic heterocycles. The normalized spacial score (nSPS) is 17.6. The minimum atomic E-state index is -0.324. The number of hydrogen-bond acceptors (Lipinski definition) is 5.